The minimum absolute atomic E-state index is 0.00103. The van der Waals surface area contributed by atoms with Crippen LogP contribution in [0.2, 0.25) is 0 Å². The summed E-state index contributed by atoms with van der Waals surface area (Å²) in [4.78, 5) is 25.3. The topological polar surface area (TPSA) is 78.3 Å². The lowest BCUT2D eigenvalue weighted by Gasteiger charge is -2.33. The lowest BCUT2D eigenvalue weighted by molar-refractivity contribution is -0.116. The van der Waals surface area contributed by atoms with Crippen molar-refractivity contribution in [1.82, 2.24) is 19.9 Å². The molecule has 2 N–H and O–H groups in total. The second-order valence-electron chi connectivity index (χ2n) is 9.10. The van der Waals surface area contributed by atoms with Crippen molar-refractivity contribution in [2.45, 2.75) is 26.4 Å². The number of anilines is 4. The fourth-order valence-electron chi connectivity index (χ4n) is 4.53. The molecule has 2 aromatic carbocycles. The Morgan fingerprint density at radius 1 is 1.17 bits per heavy atom. The molecule has 4 aromatic rings. The summed E-state index contributed by atoms with van der Waals surface area (Å²) in [6, 6.07) is 18.9. The van der Waals surface area contributed by atoms with Gasteiger partial charge in [-0.05, 0) is 48.9 Å². The Kier molecular flexibility index (Phi) is 6.37. The van der Waals surface area contributed by atoms with Crippen molar-refractivity contribution in [3.05, 3.63) is 72.6 Å². The molecule has 1 saturated heterocycles. The predicted molar refractivity (Wildman–Crippen MR) is 142 cm³/mol. The maximum Gasteiger partial charge on any atom is 0.229 e. The molecule has 1 fully saturated rings. The molecule has 0 aliphatic carbocycles. The Balaban J connectivity index is 1.35. The van der Waals surface area contributed by atoms with Crippen LogP contribution in [0.5, 0.6) is 0 Å². The second-order valence-corrected chi connectivity index (χ2v) is 9.10. The number of nitrogens with one attached hydrogen (secondary N) is 2. The number of fused-ring (bicyclic) bond motifs is 1. The largest absolute Gasteiger partial charge is 0.369 e. The van der Waals surface area contributed by atoms with Crippen molar-refractivity contribution in [2.75, 3.05) is 41.8 Å². The van der Waals surface area contributed by atoms with Crippen molar-refractivity contribution < 1.29 is 4.79 Å². The highest BCUT2D eigenvalue weighted by Gasteiger charge is 2.16. The first kappa shape index (κ1) is 22.9. The summed E-state index contributed by atoms with van der Waals surface area (Å²) in [7, 11) is 1.80. The van der Waals surface area contributed by atoms with Crippen molar-refractivity contribution in [2.24, 2.45) is 0 Å². The highest BCUT2D eigenvalue weighted by molar-refractivity contribution is 5.91. The van der Waals surface area contributed by atoms with Gasteiger partial charge >= 0.3 is 0 Å². The first-order valence-corrected chi connectivity index (χ1v) is 12.0. The van der Waals surface area contributed by atoms with Crippen LogP contribution in [0.15, 0.2) is 67.0 Å². The number of aromatic nitrogens is 3. The van der Waals surface area contributed by atoms with E-state index in [-0.39, 0.29) is 5.91 Å². The van der Waals surface area contributed by atoms with Gasteiger partial charge in [-0.15, -0.1) is 0 Å². The van der Waals surface area contributed by atoms with Crippen LogP contribution in [-0.2, 0) is 11.3 Å². The van der Waals surface area contributed by atoms with Crippen LogP contribution in [0.4, 0.5) is 23.0 Å². The van der Waals surface area contributed by atoms with Gasteiger partial charge in [-0.3, -0.25) is 4.79 Å². The van der Waals surface area contributed by atoms with E-state index in [1.165, 1.54) is 5.69 Å². The smallest absolute Gasteiger partial charge is 0.229 e. The number of amides is 1. The van der Waals surface area contributed by atoms with Gasteiger partial charge < -0.3 is 25.0 Å². The molecule has 8 nitrogen and oxygen atoms in total. The number of para-hydroxylation sites is 1. The Bertz CT molecular complexity index is 1330. The van der Waals surface area contributed by atoms with Gasteiger partial charge in [0.05, 0.1) is 6.54 Å². The summed E-state index contributed by atoms with van der Waals surface area (Å²) in [5, 5.41) is 7.79. The molecule has 0 spiro atoms. The van der Waals surface area contributed by atoms with E-state index in [0.717, 1.165) is 47.6 Å². The molecule has 3 heterocycles. The Hall–Kier alpha value is -3.91. The number of rotatable bonds is 6. The van der Waals surface area contributed by atoms with Crippen LogP contribution < -0.4 is 20.4 Å². The molecular weight excluding hydrogens is 438 g/mol. The van der Waals surface area contributed by atoms with E-state index in [9.17, 15) is 4.79 Å². The van der Waals surface area contributed by atoms with Crippen molar-refractivity contribution >= 4 is 40.0 Å². The standard InChI is InChI=1S/C27H31N7O/c1-19-17-33(15-13-28-19)24-10-8-23(9-11-24)30-27-29-16-21-12-14-34(26(21)31-27)18-22-6-4-5-7-25(22)32(3)20(2)35/h4-12,14,16,19,28H,13,15,17-18H2,1-3H3,(H,29,30,31)/t19-/m1/s1. The van der Waals surface area contributed by atoms with Gasteiger partial charge in [-0.1, -0.05) is 18.2 Å². The van der Waals surface area contributed by atoms with Crippen LogP contribution in [0, 0.1) is 0 Å². The molecule has 35 heavy (non-hydrogen) atoms. The molecule has 0 unspecified atom stereocenters. The summed E-state index contributed by atoms with van der Waals surface area (Å²) in [5.74, 6) is 0.552. The van der Waals surface area contributed by atoms with E-state index in [2.05, 4.69) is 56.3 Å². The Labute approximate surface area is 205 Å². The Morgan fingerprint density at radius 3 is 2.74 bits per heavy atom. The maximum atomic E-state index is 11.9. The summed E-state index contributed by atoms with van der Waals surface area (Å²) >= 11 is 0. The van der Waals surface area contributed by atoms with Gasteiger partial charge in [-0.25, -0.2) is 4.98 Å². The summed E-state index contributed by atoms with van der Waals surface area (Å²) in [6.07, 6.45) is 3.85. The van der Waals surface area contributed by atoms with Crippen molar-refractivity contribution in [3.8, 4) is 0 Å². The Morgan fingerprint density at radius 2 is 1.97 bits per heavy atom. The lowest BCUT2D eigenvalue weighted by Crippen LogP contribution is -2.49. The summed E-state index contributed by atoms with van der Waals surface area (Å²) < 4.78 is 2.09. The number of benzene rings is 2. The molecule has 1 amide bonds. The molecule has 0 bridgehead atoms. The molecule has 1 aliphatic heterocycles. The molecule has 0 saturated carbocycles. The SMILES string of the molecule is CC(=O)N(C)c1ccccc1Cn1ccc2cnc(Nc3ccc(N4CCN[C@H](C)C4)cc3)nc21. The fraction of sp³-hybridized carbons (Fsp3) is 0.296. The molecule has 180 valence electrons. The zero-order valence-corrected chi connectivity index (χ0v) is 20.4. The molecule has 8 heteroatoms. The van der Waals surface area contributed by atoms with Crippen LogP contribution >= 0.6 is 0 Å². The van der Waals surface area contributed by atoms with Crippen LogP contribution in [0.1, 0.15) is 19.4 Å². The first-order valence-electron chi connectivity index (χ1n) is 12.0. The highest BCUT2D eigenvalue weighted by Crippen LogP contribution is 2.25. The minimum Gasteiger partial charge on any atom is -0.369 e. The van der Waals surface area contributed by atoms with Crippen molar-refractivity contribution in [3.63, 3.8) is 0 Å². The number of nitrogens with zero attached hydrogens (tertiary/aromatic N) is 5. The highest BCUT2D eigenvalue weighted by atomic mass is 16.2. The zero-order valence-electron chi connectivity index (χ0n) is 20.4. The third kappa shape index (κ3) is 4.97. The molecule has 1 atom stereocenters. The van der Waals surface area contributed by atoms with E-state index < -0.39 is 0 Å². The van der Waals surface area contributed by atoms with E-state index in [0.29, 0.717) is 18.5 Å². The third-order valence-electron chi connectivity index (χ3n) is 6.53. The monoisotopic (exact) mass is 469 g/mol. The molecule has 2 aromatic heterocycles. The molecule has 5 rings (SSSR count). The maximum absolute atomic E-state index is 11.9. The zero-order chi connectivity index (χ0) is 24.4. The third-order valence-corrected chi connectivity index (χ3v) is 6.53. The first-order chi connectivity index (χ1) is 17.0. The normalized spacial score (nSPS) is 15.9. The second kappa shape index (κ2) is 9.76. The number of hydrogen-bond acceptors (Lipinski definition) is 6. The van der Waals surface area contributed by atoms with Gasteiger partial charge in [0.1, 0.15) is 5.65 Å². The van der Waals surface area contributed by atoms with Gasteiger partial charge in [0.15, 0.2) is 0 Å². The van der Waals surface area contributed by atoms with Gasteiger partial charge in [0, 0.05) is 74.5 Å². The number of carbonyl (C=O) groups is 1. The average Bonchev–Trinajstić information content (AvgIpc) is 3.26. The number of carbonyl (C=O) groups excluding carboxylic acids is 1. The average molecular weight is 470 g/mol. The predicted octanol–water partition coefficient (Wildman–Crippen LogP) is 4.00. The van der Waals surface area contributed by atoms with Crippen LogP contribution in [-0.4, -0.2) is 53.2 Å². The summed E-state index contributed by atoms with van der Waals surface area (Å²) in [5.41, 5.74) is 4.96. The quantitative estimate of drug-likeness (QED) is 0.444. The fourth-order valence-corrected chi connectivity index (χ4v) is 4.53. The lowest BCUT2D eigenvalue weighted by atomic mass is 10.1. The molecule has 0 radical (unpaired) electrons. The van der Waals surface area contributed by atoms with E-state index in [1.807, 2.05) is 42.7 Å². The van der Waals surface area contributed by atoms with Gasteiger partial charge in [0.2, 0.25) is 11.9 Å². The summed E-state index contributed by atoms with van der Waals surface area (Å²) in [6.45, 7) is 7.42. The van der Waals surface area contributed by atoms with Crippen LogP contribution in [0.3, 0.4) is 0 Å². The molecule has 1 aliphatic rings. The van der Waals surface area contributed by atoms with Gasteiger partial charge in [0.25, 0.3) is 0 Å². The number of piperazine rings is 1. The number of hydrogen-bond donors (Lipinski definition) is 2. The van der Waals surface area contributed by atoms with E-state index >= 15 is 0 Å². The van der Waals surface area contributed by atoms with E-state index in [1.54, 1.807) is 18.9 Å². The molecular formula is C27H31N7O. The van der Waals surface area contributed by atoms with E-state index in [4.69, 9.17) is 4.98 Å². The minimum atomic E-state index is 0.00103. The van der Waals surface area contributed by atoms with Gasteiger partial charge in [-0.2, -0.15) is 4.98 Å². The van der Waals surface area contributed by atoms with Crippen molar-refractivity contribution in [1.29, 1.82) is 0 Å². The van der Waals surface area contributed by atoms with Crippen LogP contribution in [0.25, 0.3) is 11.0 Å².